The first-order chi connectivity index (χ1) is 14.7. The number of halogens is 3. The molecule has 10 heteroatoms. The summed E-state index contributed by atoms with van der Waals surface area (Å²) in [6.07, 6.45) is -3.28. The van der Waals surface area contributed by atoms with Crippen LogP contribution in [0.4, 0.5) is 18.9 Å². The maximum Gasteiger partial charge on any atom is 0.416 e. The van der Waals surface area contributed by atoms with Gasteiger partial charge in [0.2, 0.25) is 11.8 Å². The molecule has 3 amide bonds. The number of amides is 3. The van der Waals surface area contributed by atoms with Crippen molar-refractivity contribution in [1.82, 2.24) is 15.4 Å². The number of hydrazine groups is 1. The fraction of sp³-hybridized carbons (Fsp3) is 0.190. The third kappa shape index (κ3) is 6.08. The van der Waals surface area contributed by atoms with E-state index in [4.69, 9.17) is 0 Å². The van der Waals surface area contributed by atoms with Crippen LogP contribution in [0.25, 0.3) is 10.9 Å². The minimum Gasteiger partial charge on any atom is -0.338 e. The Hall–Kier alpha value is -3.82. The van der Waals surface area contributed by atoms with E-state index < -0.39 is 29.5 Å². The molecule has 0 unspecified atom stereocenters. The average Bonchev–Trinajstić information content (AvgIpc) is 3.13. The Kier molecular flexibility index (Phi) is 6.58. The van der Waals surface area contributed by atoms with Crippen molar-refractivity contribution in [2.24, 2.45) is 0 Å². The van der Waals surface area contributed by atoms with Crippen molar-refractivity contribution in [1.29, 1.82) is 0 Å². The van der Waals surface area contributed by atoms with Crippen LogP contribution in [0.15, 0.2) is 60.8 Å². The molecule has 1 aromatic heterocycles. The highest BCUT2D eigenvalue weighted by Crippen LogP contribution is 2.30. The van der Waals surface area contributed by atoms with E-state index in [-0.39, 0.29) is 25.1 Å². The van der Waals surface area contributed by atoms with Gasteiger partial charge in [-0.3, -0.25) is 25.2 Å². The van der Waals surface area contributed by atoms with Crippen LogP contribution >= 0.6 is 0 Å². The summed E-state index contributed by atoms with van der Waals surface area (Å²) in [5, 5.41) is 3.29. The lowest BCUT2D eigenvalue weighted by Gasteiger charge is -2.10. The zero-order chi connectivity index (χ0) is 22.4. The zero-order valence-corrected chi connectivity index (χ0v) is 16.2. The van der Waals surface area contributed by atoms with Gasteiger partial charge >= 0.3 is 6.18 Å². The van der Waals surface area contributed by atoms with Crippen LogP contribution in [0.1, 0.15) is 18.4 Å². The summed E-state index contributed by atoms with van der Waals surface area (Å²) in [7, 11) is 0. The number of fused-ring (bicyclic) bond motifs is 1. The molecule has 0 radical (unpaired) electrons. The Morgan fingerprint density at radius 1 is 0.839 bits per heavy atom. The number of para-hydroxylation sites is 1. The summed E-state index contributed by atoms with van der Waals surface area (Å²) in [6.45, 7) is -0.0101. The quantitative estimate of drug-likeness (QED) is 0.523. The number of anilines is 1. The van der Waals surface area contributed by atoms with Crippen molar-refractivity contribution >= 4 is 34.3 Å². The first-order valence-electron chi connectivity index (χ1n) is 9.31. The Bertz CT molecular complexity index is 1110. The second kappa shape index (κ2) is 9.33. The van der Waals surface area contributed by atoms with E-state index >= 15 is 0 Å². The normalized spacial score (nSPS) is 11.2. The number of nitrogens with one attached hydrogen (secondary N) is 3. The van der Waals surface area contributed by atoms with E-state index in [0.717, 1.165) is 23.0 Å². The predicted octanol–water partition coefficient (Wildman–Crippen LogP) is 3.23. The van der Waals surface area contributed by atoms with E-state index in [1.54, 1.807) is 10.8 Å². The van der Waals surface area contributed by atoms with Crippen molar-refractivity contribution in [2.75, 3.05) is 5.32 Å². The second-order valence-corrected chi connectivity index (χ2v) is 6.73. The van der Waals surface area contributed by atoms with Crippen LogP contribution in [0.3, 0.4) is 0 Å². The van der Waals surface area contributed by atoms with Crippen LogP contribution in [-0.2, 0) is 27.1 Å². The molecular weight excluding hydrogens is 413 g/mol. The van der Waals surface area contributed by atoms with Gasteiger partial charge in [-0.25, -0.2) is 0 Å². The van der Waals surface area contributed by atoms with Crippen LogP contribution < -0.4 is 16.2 Å². The molecule has 0 aliphatic carbocycles. The van der Waals surface area contributed by atoms with Crippen molar-refractivity contribution in [3.8, 4) is 0 Å². The number of hydrogen-bond acceptors (Lipinski definition) is 3. The Morgan fingerprint density at radius 3 is 2.32 bits per heavy atom. The van der Waals surface area contributed by atoms with Gasteiger partial charge in [0.15, 0.2) is 0 Å². The molecule has 162 valence electrons. The molecule has 0 saturated carbocycles. The van der Waals surface area contributed by atoms with Gasteiger partial charge < -0.3 is 9.88 Å². The molecule has 2 aromatic carbocycles. The smallest absolute Gasteiger partial charge is 0.338 e. The molecule has 3 aromatic rings. The molecular formula is C21H19F3N4O3. The van der Waals surface area contributed by atoms with Crippen molar-refractivity contribution in [2.45, 2.75) is 25.6 Å². The van der Waals surface area contributed by atoms with Gasteiger partial charge in [0.1, 0.15) is 6.54 Å². The number of nitrogens with zero attached hydrogens (tertiary/aromatic N) is 1. The Balaban J connectivity index is 1.42. The van der Waals surface area contributed by atoms with Gasteiger partial charge in [0.25, 0.3) is 5.91 Å². The van der Waals surface area contributed by atoms with Crippen LogP contribution in [0.2, 0.25) is 0 Å². The van der Waals surface area contributed by atoms with Crippen LogP contribution in [-0.4, -0.2) is 22.3 Å². The topological polar surface area (TPSA) is 92.2 Å². The molecule has 3 N–H and O–H groups in total. The number of carbonyl (C=O) groups excluding carboxylic acids is 3. The molecule has 31 heavy (non-hydrogen) atoms. The minimum atomic E-state index is -4.52. The fourth-order valence-corrected chi connectivity index (χ4v) is 2.90. The highest BCUT2D eigenvalue weighted by Gasteiger charge is 2.30. The Morgan fingerprint density at radius 2 is 1.55 bits per heavy atom. The number of hydrogen-bond donors (Lipinski definition) is 3. The minimum absolute atomic E-state index is 0.0101. The summed E-state index contributed by atoms with van der Waals surface area (Å²) in [5.41, 5.74) is 4.44. The number of carbonyl (C=O) groups is 3. The summed E-state index contributed by atoms with van der Waals surface area (Å²) >= 11 is 0. The zero-order valence-electron chi connectivity index (χ0n) is 16.2. The highest BCUT2D eigenvalue weighted by atomic mass is 19.4. The average molecular weight is 432 g/mol. The van der Waals surface area contributed by atoms with Crippen molar-refractivity contribution < 1.29 is 27.6 Å². The first-order valence-corrected chi connectivity index (χ1v) is 9.31. The van der Waals surface area contributed by atoms with E-state index in [1.807, 2.05) is 30.3 Å². The standard InChI is InChI=1S/C21H19F3N4O3/c22-21(23,24)15-5-3-6-16(12-15)25-18(29)8-9-19(30)26-27-20(31)13-28-11-10-14-4-1-2-7-17(14)28/h1-7,10-12H,8-9,13H2,(H,25,29)(H,26,30)(H,27,31). The number of rotatable bonds is 6. The molecule has 0 fully saturated rings. The third-order valence-corrected chi connectivity index (χ3v) is 4.39. The van der Waals surface area contributed by atoms with Gasteiger partial charge in [-0.1, -0.05) is 24.3 Å². The fourth-order valence-electron chi connectivity index (χ4n) is 2.90. The monoisotopic (exact) mass is 432 g/mol. The van der Waals surface area contributed by atoms with E-state index in [9.17, 15) is 27.6 Å². The molecule has 7 nitrogen and oxygen atoms in total. The van der Waals surface area contributed by atoms with Gasteiger partial charge in [0, 0.05) is 30.2 Å². The van der Waals surface area contributed by atoms with E-state index in [0.29, 0.717) is 0 Å². The molecule has 0 saturated heterocycles. The maximum atomic E-state index is 12.7. The Labute approximate surface area is 175 Å². The first kappa shape index (κ1) is 21.9. The number of alkyl halides is 3. The molecule has 0 aliphatic rings. The summed E-state index contributed by atoms with van der Waals surface area (Å²) < 4.78 is 39.8. The summed E-state index contributed by atoms with van der Waals surface area (Å²) in [5.74, 6) is -1.69. The van der Waals surface area contributed by atoms with Crippen LogP contribution in [0.5, 0.6) is 0 Å². The van der Waals surface area contributed by atoms with Crippen molar-refractivity contribution in [3.05, 3.63) is 66.4 Å². The lowest BCUT2D eigenvalue weighted by atomic mass is 10.2. The third-order valence-electron chi connectivity index (χ3n) is 4.39. The van der Waals surface area contributed by atoms with Gasteiger partial charge in [-0.15, -0.1) is 0 Å². The molecule has 0 atom stereocenters. The molecule has 0 spiro atoms. The largest absolute Gasteiger partial charge is 0.416 e. The molecule has 0 bridgehead atoms. The molecule has 0 aliphatic heterocycles. The van der Waals surface area contributed by atoms with Crippen molar-refractivity contribution in [3.63, 3.8) is 0 Å². The van der Waals surface area contributed by atoms with Crippen LogP contribution in [0, 0.1) is 0 Å². The lowest BCUT2D eigenvalue weighted by Crippen LogP contribution is -2.43. The highest BCUT2D eigenvalue weighted by molar-refractivity contribution is 5.93. The summed E-state index contributed by atoms with van der Waals surface area (Å²) in [6, 6.07) is 13.6. The van der Waals surface area contributed by atoms with Gasteiger partial charge in [-0.05, 0) is 35.7 Å². The number of aromatic nitrogens is 1. The van der Waals surface area contributed by atoms with E-state index in [1.165, 1.54) is 12.1 Å². The van der Waals surface area contributed by atoms with Gasteiger partial charge in [-0.2, -0.15) is 13.2 Å². The lowest BCUT2D eigenvalue weighted by molar-refractivity contribution is -0.137. The number of benzene rings is 2. The van der Waals surface area contributed by atoms with E-state index in [2.05, 4.69) is 16.2 Å². The summed E-state index contributed by atoms with van der Waals surface area (Å²) in [4.78, 5) is 35.8. The SMILES string of the molecule is O=C(CCC(=O)Nc1cccc(C(F)(F)F)c1)NNC(=O)Cn1ccc2ccccc21. The predicted molar refractivity (Wildman–Crippen MR) is 108 cm³/mol. The molecule has 1 heterocycles. The second-order valence-electron chi connectivity index (χ2n) is 6.73. The maximum absolute atomic E-state index is 12.7. The van der Waals surface area contributed by atoms with Gasteiger partial charge in [0.05, 0.1) is 5.56 Å². The molecule has 3 rings (SSSR count).